The van der Waals surface area contributed by atoms with Crippen LogP contribution >= 0.6 is 7.91 Å². The zero-order valence-corrected chi connectivity index (χ0v) is 8.67. The molecule has 1 fully saturated rings. The third-order valence-corrected chi connectivity index (χ3v) is 2.98. The molecule has 0 aliphatic heterocycles. The molecule has 1 saturated carbocycles. The van der Waals surface area contributed by atoms with Gasteiger partial charge in [-0.05, 0) is 24.7 Å². The van der Waals surface area contributed by atoms with Gasteiger partial charge in [0.05, 0.1) is 6.61 Å². The Labute approximate surface area is 77.9 Å². The second-order valence-electron chi connectivity index (χ2n) is 3.89. The molecule has 0 spiro atoms. The van der Waals surface area contributed by atoms with Gasteiger partial charge in [-0.3, -0.25) is 9.42 Å². The molecule has 1 aliphatic carbocycles. The Kier molecular flexibility index (Phi) is 3.89. The Bertz CT molecular complexity index is 204. The average molecular weight is 210 g/mol. The van der Waals surface area contributed by atoms with Gasteiger partial charge in [0.15, 0.2) is 0 Å². The third-order valence-electron chi connectivity index (χ3n) is 2.51. The fourth-order valence-corrected chi connectivity index (χ4v) is 2.30. The van der Waals surface area contributed by atoms with E-state index in [9.17, 15) is 8.76 Å². The highest BCUT2D eigenvalue weighted by Gasteiger charge is 2.23. The zero-order valence-electron chi connectivity index (χ0n) is 7.78. The van der Waals surface area contributed by atoms with Crippen LogP contribution in [0.5, 0.6) is 0 Å². The van der Waals surface area contributed by atoms with Crippen molar-refractivity contribution in [2.75, 3.05) is 6.61 Å². The number of hydrogen-bond donors (Lipinski definition) is 1. The lowest BCUT2D eigenvalue weighted by Crippen LogP contribution is -2.17. The Balaban J connectivity index is 2.25. The van der Waals surface area contributed by atoms with Crippen LogP contribution in [-0.2, 0) is 9.09 Å². The molecule has 13 heavy (non-hydrogen) atoms. The molecule has 0 bridgehead atoms. The Morgan fingerprint density at radius 3 is 2.85 bits per heavy atom. The summed E-state index contributed by atoms with van der Waals surface area (Å²) in [6.07, 6.45) is 4.25. The summed E-state index contributed by atoms with van der Waals surface area (Å²) in [5.41, 5.74) is 0. The van der Waals surface area contributed by atoms with E-state index in [0.29, 0.717) is 5.92 Å². The first-order chi connectivity index (χ1) is 5.97. The molecular formula is C8H16FO3P. The van der Waals surface area contributed by atoms with E-state index in [1.807, 2.05) is 0 Å². The quantitative estimate of drug-likeness (QED) is 0.728. The highest BCUT2D eigenvalue weighted by Crippen LogP contribution is 2.44. The summed E-state index contributed by atoms with van der Waals surface area (Å²) in [5.74, 6) is 0.875. The molecule has 0 aromatic heterocycles. The molecule has 1 aliphatic rings. The predicted molar refractivity (Wildman–Crippen MR) is 48.0 cm³/mol. The van der Waals surface area contributed by atoms with Crippen LogP contribution < -0.4 is 0 Å². The Morgan fingerprint density at radius 2 is 2.31 bits per heavy atom. The maximum atomic E-state index is 12.1. The minimum atomic E-state index is -4.75. The van der Waals surface area contributed by atoms with Crippen LogP contribution in [0.3, 0.4) is 0 Å². The summed E-state index contributed by atoms with van der Waals surface area (Å²) in [4.78, 5) is 8.28. The van der Waals surface area contributed by atoms with Crippen molar-refractivity contribution in [3.8, 4) is 0 Å². The molecule has 0 aromatic carbocycles. The second kappa shape index (κ2) is 4.54. The molecular weight excluding hydrogens is 194 g/mol. The van der Waals surface area contributed by atoms with Crippen molar-refractivity contribution in [3.63, 3.8) is 0 Å². The van der Waals surface area contributed by atoms with Gasteiger partial charge >= 0.3 is 7.91 Å². The molecule has 3 atom stereocenters. The highest BCUT2D eigenvalue weighted by atomic mass is 31.2. The summed E-state index contributed by atoms with van der Waals surface area (Å²) < 4.78 is 26.6. The van der Waals surface area contributed by atoms with Crippen molar-refractivity contribution in [2.24, 2.45) is 11.8 Å². The number of rotatable bonds is 3. The molecule has 1 rings (SSSR count). The van der Waals surface area contributed by atoms with Gasteiger partial charge in [-0.15, -0.1) is 4.20 Å². The van der Waals surface area contributed by atoms with Gasteiger partial charge in [0.25, 0.3) is 0 Å². The summed E-state index contributed by atoms with van der Waals surface area (Å²) in [6, 6.07) is 0. The van der Waals surface area contributed by atoms with Crippen LogP contribution in [0.1, 0.15) is 32.6 Å². The monoisotopic (exact) mass is 210 g/mol. The van der Waals surface area contributed by atoms with Crippen molar-refractivity contribution in [2.45, 2.75) is 32.6 Å². The zero-order chi connectivity index (χ0) is 9.90. The fraction of sp³-hybridized carbons (Fsp3) is 1.00. The maximum Gasteiger partial charge on any atom is 0.510 e. The van der Waals surface area contributed by atoms with Gasteiger partial charge in [-0.25, -0.2) is 4.57 Å². The molecule has 1 N–H and O–H groups in total. The lowest BCUT2D eigenvalue weighted by Gasteiger charge is -2.26. The predicted octanol–water partition coefficient (Wildman–Crippen LogP) is 2.90. The van der Waals surface area contributed by atoms with Crippen molar-refractivity contribution < 1.29 is 18.2 Å². The van der Waals surface area contributed by atoms with Gasteiger partial charge in [-0.2, -0.15) is 0 Å². The minimum absolute atomic E-state index is 0.0780. The van der Waals surface area contributed by atoms with Crippen LogP contribution in [0.4, 0.5) is 4.20 Å². The molecule has 5 heteroatoms. The van der Waals surface area contributed by atoms with Crippen LogP contribution in [-0.4, -0.2) is 11.5 Å². The summed E-state index contributed by atoms with van der Waals surface area (Å²) in [5, 5.41) is 0. The van der Waals surface area contributed by atoms with Gasteiger partial charge in [0.1, 0.15) is 0 Å². The van der Waals surface area contributed by atoms with E-state index in [1.54, 1.807) is 0 Å². The first kappa shape index (κ1) is 11.2. The first-order valence-electron chi connectivity index (χ1n) is 4.64. The third kappa shape index (κ3) is 4.75. The van der Waals surface area contributed by atoms with Gasteiger partial charge in [0.2, 0.25) is 0 Å². The molecule has 0 amide bonds. The number of hydrogen-bond acceptors (Lipinski definition) is 2. The second-order valence-corrected chi connectivity index (χ2v) is 5.05. The standard InChI is InChI=1S/C8H16FO3P/c1-7-3-2-4-8(5-7)6-12-13(9,10)11/h7-8H,2-6H2,1H3,(H,10,11). The lowest BCUT2D eigenvalue weighted by atomic mass is 9.83. The van der Waals surface area contributed by atoms with Crippen LogP contribution in [0.25, 0.3) is 0 Å². The normalized spacial score (nSPS) is 34.1. The number of halogens is 1. The smallest absolute Gasteiger partial charge is 0.299 e. The molecule has 0 aromatic rings. The summed E-state index contributed by atoms with van der Waals surface area (Å²) >= 11 is 0. The van der Waals surface area contributed by atoms with E-state index < -0.39 is 7.91 Å². The average Bonchev–Trinajstić information content (AvgIpc) is 2.00. The van der Waals surface area contributed by atoms with Crippen molar-refractivity contribution >= 4 is 7.91 Å². The van der Waals surface area contributed by atoms with Crippen molar-refractivity contribution in [1.29, 1.82) is 0 Å². The van der Waals surface area contributed by atoms with Crippen LogP contribution in [0, 0.1) is 11.8 Å². The summed E-state index contributed by atoms with van der Waals surface area (Å²) in [7, 11) is -4.75. The van der Waals surface area contributed by atoms with Gasteiger partial charge in [-0.1, -0.05) is 19.8 Å². The van der Waals surface area contributed by atoms with E-state index in [4.69, 9.17) is 4.89 Å². The first-order valence-corrected chi connectivity index (χ1v) is 6.11. The van der Waals surface area contributed by atoms with E-state index in [2.05, 4.69) is 11.4 Å². The Hall–Kier alpha value is 0.0800. The molecule has 3 unspecified atom stereocenters. The summed E-state index contributed by atoms with van der Waals surface area (Å²) in [6.45, 7) is 2.22. The fourth-order valence-electron chi connectivity index (χ4n) is 1.91. The van der Waals surface area contributed by atoms with E-state index in [-0.39, 0.29) is 12.5 Å². The maximum absolute atomic E-state index is 12.1. The molecule has 0 radical (unpaired) electrons. The van der Waals surface area contributed by atoms with Gasteiger partial charge < -0.3 is 0 Å². The molecule has 0 saturated heterocycles. The molecule has 78 valence electrons. The highest BCUT2D eigenvalue weighted by molar-refractivity contribution is 7.46. The van der Waals surface area contributed by atoms with Crippen molar-refractivity contribution in [3.05, 3.63) is 0 Å². The lowest BCUT2D eigenvalue weighted by molar-refractivity contribution is 0.151. The topological polar surface area (TPSA) is 46.5 Å². The van der Waals surface area contributed by atoms with E-state index in [0.717, 1.165) is 19.3 Å². The van der Waals surface area contributed by atoms with Gasteiger partial charge in [0, 0.05) is 0 Å². The molecule has 0 heterocycles. The van der Waals surface area contributed by atoms with Crippen LogP contribution in [0.15, 0.2) is 0 Å². The Morgan fingerprint density at radius 1 is 1.62 bits per heavy atom. The van der Waals surface area contributed by atoms with E-state index in [1.165, 1.54) is 6.42 Å². The van der Waals surface area contributed by atoms with E-state index >= 15 is 0 Å². The van der Waals surface area contributed by atoms with Crippen LogP contribution in [0.2, 0.25) is 0 Å². The SMILES string of the molecule is CC1CCCC(COP(=O)(O)F)C1. The largest absolute Gasteiger partial charge is 0.510 e. The molecule has 3 nitrogen and oxygen atoms in total. The minimum Gasteiger partial charge on any atom is -0.299 e. The van der Waals surface area contributed by atoms with Crippen molar-refractivity contribution in [1.82, 2.24) is 0 Å².